The van der Waals surface area contributed by atoms with Crippen LogP contribution in [0.15, 0.2) is 28.2 Å². The van der Waals surface area contributed by atoms with Crippen molar-refractivity contribution in [3.05, 3.63) is 44.2 Å². The number of carbonyl (C=O) groups is 1. The molecule has 1 atom stereocenters. The summed E-state index contributed by atoms with van der Waals surface area (Å²) in [6, 6.07) is 4.07. The van der Waals surface area contributed by atoms with Crippen LogP contribution in [0.3, 0.4) is 0 Å². The van der Waals surface area contributed by atoms with E-state index in [4.69, 9.17) is 0 Å². The van der Waals surface area contributed by atoms with E-state index in [2.05, 4.69) is 44.6 Å². The third kappa shape index (κ3) is 2.58. The van der Waals surface area contributed by atoms with Gasteiger partial charge in [-0.3, -0.25) is 4.79 Å². The first-order valence-corrected chi connectivity index (χ1v) is 8.49. The molecule has 2 aromatic heterocycles. The summed E-state index contributed by atoms with van der Waals surface area (Å²) in [5.41, 5.74) is 1.88. The van der Waals surface area contributed by atoms with Gasteiger partial charge < -0.3 is 10.2 Å². The molecule has 6 heteroatoms. The van der Waals surface area contributed by atoms with E-state index < -0.39 is 0 Å². The van der Waals surface area contributed by atoms with E-state index in [1.165, 1.54) is 10.4 Å². The largest absolute Gasteiger partial charge is 0.372 e. The number of amides is 1. The van der Waals surface area contributed by atoms with E-state index in [0.29, 0.717) is 11.4 Å². The fourth-order valence-electron chi connectivity index (χ4n) is 2.74. The zero-order chi connectivity index (χ0) is 15.0. The number of aromatic nitrogens is 1. The lowest BCUT2D eigenvalue weighted by molar-refractivity contribution is 0.0680. The molecule has 1 N–H and O–H groups in total. The third-order valence-electron chi connectivity index (χ3n) is 3.86. The van der Waals surface area contributed by atoms with Gasteiger partial charge in [-0.2, -0.15) is 0 Å². The van der Waals surface area contributed by atoms with E-state index >= 15 is 0 Å². The van der Waals surface area contributed by atoms with Crippen molar-refractivity contribution in [2.45, 2.75) is 19.4 Å². The van der Waals surface area contributed by atoms with Crippen LogP contribution < -0.4 is 5.32 Å². The lowest BCUT2D eigenvalue weighted by atomic mass is 10.0. The number of nitrogens with one attached hydrogen (secondary N) is 1. The Labute approximate surface area is 136 Å². The molecule has 0 radical (unpaired) electrons. The monoisotopic (exact) mass is 365 g/mol. The van der Waals surface area contributed by atoms with Crippen LogP contribution in [0.4, 0.5) is 5.82 Å². The van der Waals surface area contributed by atoms with Gasteiger partial charge in [0.25, 0.3) is 5.91 Å². The van der Waals surface area contributed by atoms with E-state index in [9.17, 15) is 4.79 Å². The van der Waals surface area contributed by atoms with Crippen molar-refractivity contribution >= 4 is 39.0 Å². The van der Waals surface area contributed by atoms with Crippen molar-refractivity contribution in [1.82, 2.24) is 9.88 Å². The van der Waals surface area contributed by atoms with E-state index in [1.54, 1.807) is 24.6 Å². The van der Waals surface area contributed by atoms with Gasteiger partial charge in [0.15, 0.2) is 0 Å². The summed E-state index contributed by atoms with van der Waals surface area (Å²) in [6.45, 7) is 2.84. The van der Waals surface area contributed by atoms with Gasteiger partial charge in [-0.05, 0) is 52.4 Å². The van der Waals surface area contributed by atoms with Crippen LogP contribution in [0.5, 0.6) is 0 Å². The lowest BCUT2D eigenvalue weighted by Crippen LogP contribution is -2.38. The Hall–Kier alpha value is -1.40. The van der Waals surface area contributed by atoms with Gasteiger partial charge in [-0.1, -0.05) is 0 Å². The summed E-state index contributed by atoms with van der Waals surface area (Å²) in [7, 11) is 1.78. The molecule has 0 fully saturated rings. The molecule has 21 heavy (non-hydrogen) atoms. The van der Waals surface area contributed by atoms with Crippen molar-refractivity contribution < 1.29 is 4.79 Å². The van der Waals surface area contributed by atoms with Crippen molar-refractivity contribution in [3.8, 4) is 0 Å². The Morgan fingerprint density at radius 2 is 2.38 bits per heavy atom. The van der Waals surface area contributed by atoms with Crippen molar-refractivity contribution in [2.24, 2.45) is 0 Å². The normalized spacial score (nSPS) is 17.5. The topological polar surface area (TPSA) is 45.2 Å². The molecule has 0 aliphatic carbocycles. The molecule has 3 heterocycles. The Morgan fingerprint density at radius 1 is 1.57 bits per heavy atom. The standard InChI is InChI=1S/C15H16BrN3OS/c1-9-11-4-6-21-13(11)3-5-19(9)15(20)12-7-10(16)8-18-14(12)17-2/h4,6-9H,3,5H2,1-2H3,(H,17,18). The molecule has 1 unspecified atom stereocenters. The summed E-state index contributed by atoms with van der Waals surface area (Å²) in [6.07, 6.45) is 2.62. The zero-order valence-corrected chi connectivity index (χ0v) is 14.3. The Kier molecular flexibility index (Phi) is 3.99. The highest BCUT2D eigenvalue weighted by Gasteiger charge is 2.30. The van der Waals surface area contributed by atoms with E-state index in [0.717, 1.165) is 17.4 Å². The molecule has 1 aliphatic rings. The minimum Gasteiger partial charge on any atom is -0.372 e. The molecule has 0 aromatic carbocycles. The van der Waals surface area contributed by atoms with E-state index in [1.807, 2.05) is 11.0 Å². The number of hydrogen-bond donors (Lipinski definition) is 1. The van der Waals surface area contributed by atoms with Gasteiger partial charge in [-0.25, -0.2) is 4.98 Å². The van der Waals surface area contributed by atoms with Gasteiger partial charge in [0.05, 0.1) is 11.6 Å². The van der Waals surface area contributed by atoms with Crippen LogP contribution in [0, 0.1) is 0 Å². The Balaban J connectivity index is 1.95. The van der Waals surface area contributed by atoms with Gasteiger partial charge in [0.2, 0.25) is 0 Å². The number of fused-ring (bicyclic) bond motifs is 1. The summed E-state index contributed by atoms with van der Waals surface area (Å²) in [5.74, 6) is 0.643. The van der Waals surface area contributed by atoms with Crippen LogP contribution in [0.2, 0.25) is 0 Å². The number of anilines is 1. The smallest absolute Gasteiger partial charge is 0.258 e. The van der Waals surface area contributed by atoms with Crippen LogP contribution in [0.25, 0.3) is 0 Å². The summed E-state index contributed by atoms with van der Waals surface area (Å²) in [5, 5.41) is 5.10. The molecular weight excluding hydrogens is 350 g/mol. The number of halogens is 1. The summed E-state index contributed by atoms with van der Waals surface area (Å²) >= 11 is 5.17. The fraction of sp³-hybridized carbons (Fsp3) is 0.333. The van der Waals surface area contributed by atoms with Gasteiger partial charge in [-0.15, -0.1) is 11.3 Å². The van der Waals surface area contributed by atoms with Crippen LogP contribution in [-0.4, -0.2) is 29.4 Å². The van der Waals surface area contributed by atoms with Gasteiger partial charge >= 0.3 is 0 Å². The predicted molar refractivity (Wildman–Crippen MR) is 89.0 cm³/mol. The first-order valence-electron chi connectivity index (χ1n) is 6.82. The minimum atomic E-state index is 0.0255. The molecule has 1 aliphatic heterocycles. The van der Waals surface area contributed by atoms with Gasteiger partial charge in [0, 0.05) is 29.1 Å². The fourth-order valence-corrected chi connectivity index (χ4v) is 4.04. The minimum absolute atomic E-state index is 0.0255. The second kappa shape index (κ2) is 5.77. The maximum atomic E-state index is 12.9. The van der Waals surface area contributed by atoms with Crippen molar-refractivity contribution in [2.75, 3.05) is 18.9 Å². The van der Waals surface area contributed by atoms with Crippen molar-refractivity contribution in [1.29, 1.82) is 0 Å². The van der Waals surface area contributed by atoms with Crippen LogP contribution in [-0.2, 0) is 6.42 Å². The number of thiophene rings is 1. The maximum Gasteiger partial charge on any atom is 0.258 e. The average Bonchev–Trinajstić information content (AvgIpc) is 2.96. The zero-order valence-electron chi connectivity index (χ0n) is 11.9. The Morgan fingerprint density at radius 3 is 3.14 bits per heavy atom. The molecule has 0 spiro atoms. The molecule has 0 saturated heterocycles. The second-order valence-electron chi connectivity index (χ2n) is 5.02. The molecule has 110 valence electrons. The molecule has 1 amide bonds. The molecule has 3 rings (SSSR count). The second-order valence-corrected chi connectivity index (χ2v) is 6.94. The average molecular weight is 366 g/mol. The third-order valence-corrected chi connectivity index (χ3v) is 5.29. The highest BCUT2D eigenvalue weighted by molar-refractivity contribution is 9.10. The van der Waals surface area contributed by atoms with Crippen LogP contribution in [0.1, 0.15) is 33.8 Å². The predicted octanol–water partition coefficient (Wildman–Crippen LogP) is 3.71. The van der Waals surface area contributed by atoms with Crippen molar-refractivity contribution in [3.63, 3.8) is 0 Å². The van der Waals surface area contributed by atoms with Crippen LogP contribution >= 0.6 is 27.3 Å². The molecule has 2 aromatic rings. The number of carbonyl (C=O) groups excluding carboxylic acids is 1. The molecule has 0 saturated carbocycles. The first-order chi connectivity index (χ1) is 10.1. The molecular formula is C15H16BrN3OS. The lowest BCUT2D eigenvalue weighted by Gasteiger charge is -2.34. The number of pyridine rings is 1. The van der Waals surface area contributed by atoms with E-state index in [-0.39, 0.29) is 11.9 Å². The van der Waals surface area contributed by atoms with Gasteiger partial charge in [0.1, 0.15) is 5.82 Å². The Bertz CT molecular complexity index is 685. The highest BCUT2D eigenvalue weighted by atomic mass is 79.9. The quantitative estimate of drug-likeness (QED) is 0.882. The number of hydrogen-bond acceptors (Lipinski definition) is 4. The molecule has 0 bridgehead atoms. The summed E-state index contributed by atoms with van der Waals surface area (Å²) < 4.78 is 0.811. The number of rotatable bonds is 2. The SMILES string of the molecule is CNc1ncc(Br)cc1C(=O)N1CCc2sccc2C1C. The maximum absolute atomic E-state index is 12.9. The molecule has 4 nitrogen and oxygen atoms in total. The first kappa shape index (κ1) is 14.5. The highest BCUT2D eigenvalue weighted by Crippen LogP contribution is 2.34. The number of nitrogens with zero attached hydrogens (tertiary/aromatic N) is 2. The summed E-state index contributed by atoms with van der Waals surface area (Å²) in [4.78, 5) is 20.5.